The first-order valence-corrected chi connectivity index (χ1v) is 6.94. The highest BCUT2D eigenvalue weighted by Crippen LogP contribution is 2.30. The quantitative estimate of drug-likeness (QED) is 0.404. The summed E-state index contributed by atoms with van der Waals surface area (Å²) in [5.41, 5.74) is 0.831. The predicted octanol–water partition coefficient (Wildman–Crippen LogP) is 1.89. The largest absolute Gasteiger partial charge is 0.619 e. The van der Waals surface area contributed by atoms with E-state index in [1.165, 1.54) is 18.3 Å². The molecule has 0 bridgehead atoms. The normalized spacial score (nSPS) is 13.5. The molecule has 1 aliphatic carbocycles. The van der Waals surface area contributed by atoms with E-state index >= 15 is 0 Å². The lowest BCUT2D eigenvalue weighted by Crippen LogP contribution is -2.26. The van der Waals surface area contributed by atoms with E-state index in [9.17, 15) is 14.8 Å². The Morgan fingerprint density at radius 1 is 1.18 bits per heavy atom. The first kappa shape index (κ1) is 14.1. The third-order valence-electron chi connectivity index (χ3n) is 3.29. The van der Waals surface area contributed by atoms with Gasteiger partial charge in [-0.1, -0.05) is 0 Å². The SMILES string of the molecule is O=C(Oc1ccc(NC(=O)C2CC2)cc1)c1ccc[n+]([O-])c1. The van der Waals surface area contributed by atoms with E-state index in [1.807, 2.05) is 0 Å². The second-order valence-corrected chi connectivity index (χ2v) is 5.13. The van der Waals surface area contributed by atoms with Gasteiger partial charge in [-0.15, -0.1) is 0 Å². The molecule has 3 rings (SSSR count). The molecule has 1 aromatic carbocycles. The van der Waals surface area contributed by atoms with Crippen molar-refractivity contribution in [2.75, 3.05) is 5.32 Å². The van der Waals surface area contributed by atoms with E-state index in [0.717, 1.165) is 19.0 Å². The van der Waals surface area contributed by atoms with Crippen LogP contribution in [0.4, 0.5) is 5.69 Å². The van der Waals surface area contributed by atoms with Gasteiger partial charge in [0.15, 0.2) is 12.4 Å². The van der Waals surface area contributed by atoms with Crippen molar-refractivity contribution in [1.82, 2.24) is 0 Å². The minimum Gasteiger partial charge on any atom is -0.619 e. The van der Waals surface area contributed by atoms with Crippen LogP contribution in [-0.2, 0) is 4.79 Å². The smallest absolute Gasteiger partial charge is 0.349 e. The van der Waals surface area contributed by atoms with Gasteiger partial charge in [-0.25, -0.2) is 4.79 Å². The molecule has 0 radical (unpaired) electrons. The minimum absolute atomic E-state index is 0.0223. The van der Waals surface area contributed by atoms with Gasteiger partial charge in [-0.05, 0) is 43.2 Å². The summed E-state index contributed by atoms with van der Waals surface area (Å²) in [7, 11) is 0. The molecule has 6 heteroatoms. The number of hydrogen-bond acceptors (Lipinski definition) is 4. The Kier molecular flexibility index (Phi) is 3.74. The molecule has 1 N–H and O–H groups in total. The standard InChI is InChI=1S/C16H14N2O4/c19-15(11-3-4-11)17-13-5-7-14(8-6-13)22-16(20)12-2-1-9-18(21)10-12/h1-2,5-11H,3-4H2,(H,17,19). The monoisotopic (exact) mass is 298 g/mol. The number of aromatic nitrogens is 1. The number of anilines is 1. The Labute approximate surface area is 126 Å². The number of rotatable bonds is 4. The molecule has 6 nitrogen and oxygen atoms in total. The molecule has 1 fully saturated rings. The molecule has 1 heterocycles. The third-order valence-corrected chi connectivity index (χ3v) is 3.29. The van der Waals surface area contributed by atoms with E-state index < -0.39 is 5.97 Å². The summed E-state index contributed by atoms with van der Waals surface area (Å²) in [6.45, 7) is 0. The van der Waals surface area contributed by atoms with Gasteiger partial charge in [0.25, 0.3) is 0 Å². The fourth-order valence-electron chi connectivity index (χ4n) is 1.94. The number of esters is 1. The number of benzene rings is 1. The second kappa shape index (κ2) is 5.85. The Morgan fingerprint density at radius 2 is 1.91 bits per heavy atom. The van der Waals surface area contributed by atoms with Gasteiger partial charge < -0.3 is 15.3 Å². The maximum absolute atomic E-state index is 11.9. The number of hydrogen-bond donors (Lipinski definition) is 1. The zero-order valence-corrected chi connectivity index (χ0v) is 11.7. The number of carbonyl (C=O) groups excluding carboxylic acids is 2. The fraction of sp³-hybridized carbons (Fsp3) is 0.188. The molecular weight excluding hydrogens is 284 g/mol. The highest BCUT2D eigenvalue weighted by atomic mass is 16.5. The number of carbonyl (C=O) groups is 2. The van der Waals surface area contributed by atoms with Gasteiger partial charge in [-0.2, -0.15) is 4.73 Å². The molecule has 1 saturated carbocycles. The summed E-state index contributed by atoms with van der Waals surface area (Å²) in [6, 6.07) is 9.49. The number of nitrogens with zero attached hydrogens (tertiary/aromatic N) is 1. The molecular formula is C16H14N2O4. The molecule has 0 saturated heterocycles. The van der Waals surface area contributed by atoms with Crippen molar-refractivity contribution in [3.8, 4) is 5.75 Å². The van der Waals surface area contributed by atoms with Crippen molar-refractivity contribution in [1.29, 1.82) is 0 Å². The van der Waals surface area contributed by atoms with E-state index in [1.54, 1.807) is 24.3 Å². The molecule has 0 unspecified atom stereocenters. The molecule has 0 aliphatic heterocycles. The molecule has 1 aliphatic rings. The van der Waals surface area contributed by atoms with E-state index in [-0.39, 0.29) is 17.4 Å². The molecule has 22 heavy (non-hydrogen) atoms. The molecule has 1 amide bonds. The third kappa shape index (κ3) is 3.41. The average Bonchev–Trinajstić information content (AvgIpc) is 3.34. The Morgan fingerprint density at radius 3 is 2.55 bits per heavy atom. The van der Waals surface area contributed by atoms with Crippen molar-refractivity contribution < 1.29 is 19.1 Å². The van der Waals surface area contributed by atoms with Crippen molar-refractivity contribution in [2.45, 2.75) is 12.8 Å². The van der Waals surface area contributed by atoms with Gasteiger partial charge in [0.05, 0.1) is 0 Å². The van der Waals surface area contributed by atoms with E-state index in [2.05, 4.69) is 5.32 Å². The minimum atomic E-state index is -0.611. The molecule has 2 aromatic rings. The summed E-state index contributed by atoms with van der Waals surface area (Å²) in [6.07, 6.45) is 4.32. The van der Waals surface area contributed by atoms with Crippen molar-refractivity contribution >= 4 is 17.6 Å². The summed E-state index contributed by atoms with van der Waals surface area (Å²) >= 11 is 0. The van der Waals surface area contributed by atoms with Gasteiger partial charge >= 0.3 is 5.97 Å². The van der Waals surface area contributed by atoms with Crippen LogP contribution in [0, 0.1) is 11.1 Å². The maximum atomic E-state index is 11.9. The lowest BCUT2D eigenvalue weighted by atomic mass is 10.2. The van der Waals surface area contributed by atoms with Crippen LogP contribution in [-0.4, -0.2) is 11.9 Å². The van der Waals surface area contributed by atoms with Crippen LogP contribution in [0.25, 0.3) is 0 Å². The number of nitrogens with one attached hydrogen (secondary N) is 1. The van der Waals surface area contributed by atoms with Crippen LogP contribution in [0.3, 0.4) is 0 Å². The molecule has 0 atom stereocenters. The van der Waals surface area contributed by atoms with Crippen molar-refractivity contribution in [2.24, 2.45) is 5.92 Å². The average molecular weight is 298 g/mol. The van der Waals surface area contributed by atoms with Crippen LogP contribution in [0.2, 0.25) is 0 Å². The predicted molar refractivity (Wildman–Crippen MR) is 78.2 cm³/mol. The van der Waals surface area contributed by atoms with Crippen molar-refractivity contribution in [3.05, 3.63) is 59.6 Å². The lowest BCUT2D eigenvalue weighted by Gasteiger charge is -2.07. The van der Waals surface area contributed by atoms with Gasteiger partial charge in [0.2, 0.25) is 5.91 Å². The first-order chi connectivity index (χ1) is 10.6. The topological polar surface area (TPSA) is 82.3 Å². The van der Waals surface area contributed by atoms with E-state index in [0.29, 0.717) is 16.2 Å². The summed E-state index contributed by atoms with van der Waals surface area (Å²) in [4.78, 5) is 23.5. The van der Waals surface area contributed by atoms with Crippen LogP contribution < -0.4 is 14.8 Å². The van der Waals surface area contributed by atoms with Crippen LogP contribution >= 0.6 is 0 Å². The summed E-state index contributed by atoms with van der Waals surface area (Å²) in [5.74, 6) is -0.112. The number of ether oxygens (including phenoxy) is 1. The highest BCUT2D eigenvalue weighted by Gasteiger charge is 2.29. The van der Waals surface area contributed by atoms with Crippen LogP contribution in [0.15, 0.2) is 48.8 Å². The molecule has 0 spiro atoms. The Hall–Kier alpha value is -2.89. The van der Waals surface area contributed by atoms with Crippen molar-refractivity contribution in [3.63, 3.8) is 0 Å². The van der Waals surface area contributed by atoms with Crippen LogP contribution in [0.1, 0.15) is 23.2 Å². The van der Waals surface area contributed by atoms with Gasteiger partial charge in [0, 0.05) is 17.7 Å². The van der Waals surface area contributed by atoms with E-state index in [4.69, 9.17) is 4.74 Å². The molecule has 1 aromatic heterocycles. The second-order valence-electron chi connectivity index (χ2n) is 5.13. The summed E-state index contributed by atoms with van der Waals surface area (Å²) < 4.78 is 5.71. The fourth-order valence-corrected chi connectivity index (χ4v) is 1.94. The molecule has 112 valence electrons. The number of amides is 1. The Balaban J connectivity index is 1.63. The van der Waals surface area contributed by atoms with Gasteiger partial charge in [0.1, 0.15) is 11.3 Å². The maximum Gasteiger partial charge on any atom is 0.349 e. The van der Waals surface area contributed by atoms with Crippen LogP contribution in [0.5, 0.6) is 5.75 Å². The zero-order chi connectivity index (χ0) is 15.5. The Bertz CT molecular complexity index is 708. The lowest BCUT2D eigenvalue weighted by molar-refractivity contribution is -0.605. The zero-order valence-electron chi connectivity index (χ0n) is 11.7. The first-order valence-electron chi connectivity index (χ1n) is 6.94. The van der Waals surface area contributed by atoms with Gasteiger partial charge in [-0.3, -0.25) is 4.79 Å². The highest BCUT2D eigenvalue weighted by molar-refractivity contribution is 5.94. The number of pyridine rings is 1. The summed E-state index contributed by atoms with van der Waals surface area (Å²) in [5, 5.41) is 13.9.